The first-order valence-corrected chi connectivity index (χ1v) is 8.98. The van der Waals surface area contributed by atoms with Crippen LogP contribution in [0.25, 0.3) is 22.2 Å². The molecule has 4 aromatic rings. The lowest BCUT2D eigenvalue weighted by Crippen LogP contribution is -2.27. The van der Waals surface area contributed by atoms with Gasteiger partial charge in [-0.05, 0) is 40.8 Å². The Bertz CT molecular complexity index is 1300. The molecule has 7 nitrogen and oxygen atoms in total. The van der Waals surface area contributed by atoms with Crippen molar-refractivity contribution >= 4 is 22.6 Å². The third-order valence-corrected chi connectivity index (χ3v) is 5.11. The lowest BCUT2D eigenvalue weighted by Gasteiger charge is -2.09. The summed E-state index contributed by atoms with van der Waals surface area (Å²) >= 11 is 0. The number of nitrogens with zero attached hydrogens (tertiary/aromatic N) is 4. The summed E-state index contributed by atoms with van der Waals surface area (Å²) in [4.78, 5) is 29.2. The number of fused-ring (bicyclic) bond motifs is 4. The molecule has 1 N–H and O–H groups in total. The Morgan fingerprint density at radius 3 is 2.86 bits per heavy atom. The number of rotatable bonds is 3. The van der Waals surface area contributed by atoms with Crippen molar-refractivity contribution in [3.05, 3.63) is 76.5 Å². The number of amides is 1. The number of carbonyl (C=O) groups is 1. The molecule has 0 bridgehead atoms. The first-order chi connectivity index (χ1) is 13.6. The number of aromatic nitrogens is 4. The Morgan fingerprint density at radius 1 is 1.14 bits per heavy atom. The second kappa shape index (κ2) is 6.16. The quantitative estimate of drug-likeness (QED) is 0.528. The maximum absolute atomic E-state index is 12.5. The molecule has 2 aromatic carbocycles. The Balaban J connectivity index is 1.36. The van der Waals surface area contributed by atoms with Gasteiger partial charge in [0.05, 0.1) is 6.20 Å². The Morgan fingerprint density at radius 2 is 1.96 bits per heavy atom. The zero-order chi connectivity index (χ0) is 19.3. The van der Waals surface area contributed by atoms with Crippen LogP contribution in [0.1, 0.15) is 11.1 Å². The highest BCUT2D eigenvalue weighted by Crippen LogP contribution is 2.37. The minimum atomic E-state index is -0.280. The number of hydrogen-bond donors (Lipinski definition) is 1. The predicted molar refractivity (Wildman–Crippen MR) is 106 cm³/mol. The molecule has 5 rings (SSSR count). The molecule has 2 heterocycles. The molecular weight excluding hydrogens is 354 g/mol. The van der Waals surface area contributed by atoms with Crippen LogP contribution in [-0.4, -0.2) is 25.2 Å². The van der Waals surface area contributed by atoms with Crippen LogP contribution in [0.2, 0.25) is 0 Å². The lowest BCUT2D eigenvalue weighted by molar-refractivity contribution is -0.116. The van der Waals surface area contributed by atoms with Crippen molar-refractivity contribution in [3.63, 3.8) is 0 Å². The molecule has 0 saturated carbocycles. The fourth-order valence-electron chi connectivity index (χ4n) is 3.76. The summed E-state index contributed by atoms with van der Waals surface area (Å²) in [6.07, 6.45) is 3.71. The maximum atomic E-state index is 12.5. The van der Waals surface area contributed by atoms with Crippen molar-refractivity contribution in [1.29, 1.82) is 0 Å². The van der Waals surface area contributed by atoms with Crippen LogP contribution in [0, 0.1) is 0 Å². The van der Waals surface area contributed by atoms with E-state index in [1.54, 1.807) is 7.05 Å². The number of nitrogens with one attached hydrogen (secondary N) is 1. The largest absolute Gasteiger partial charge is 0.325 e. The van der Waals surface area contributed by atoms with E-state index in [4.69, 9.17) is 0 Å². The summed E-state index contributed by atoms with van der Waals surface area (Å²) < 4.78 is 2.83. The number of hydrogen-bond acceptors (Lipinski definition) is 4. The van der Waals surface area contributed by atoms with Gasteiger partial charge in [0, 0.05) is 12.7 Å². The zero-order valence-electron chi connectivity index (χ0n) is 15.2. The highest BCUT2D eigenvalue weighted by atomic mass is 16.2. The van der Waals surface area contributed by atoms with Crippen LogP contribution in [-0.2, 0) is 24.8 Å². The molecule has 28 heavy (non-hydrogen) atoms. The van der Waals surface area contributed by atoms with Crippen LogP contribution < -0.4 is 10.9 Å². The molecule has 0 aliphatic heterocycles. The van der Waals surface area contributed by atoms with Crippen molar-refractivity contribution in [2.75, 3.05) is 5.32 Å². The molecule has 2 aromatic heterocycles. The van der Waals surface area contributed by atoms with E-state index in [1.165, 1.54) is 44.0 Å². The van der Waals surface area contributed by atoms with Gasteiger partial charge in [0.25, 0.3) is 5.56 Å². The normalized spacial score (nSPS) is 12.0. The smallest absolute Gasteiger partial charge is 0.264 e. The van der Waals surface area contributed by atoms with Gasteiger partial charge in [-0.3, -0.25) is 18.8 Å². The monoisotopic (exact) mass is 371 g/mol. The Labute approximate surface area is 160 Å². The fourth-order valence-corrected chi connectivity index (χ4v) is 3.76. The van der Waals surface area contributed by atoms with Gasteiger partial charge >= 0.3 is 0 Å². The van der Waals surface area contributed by atoms with Gasteiger partial charge in [-0.15, -0.1) is 0 Å². The summed E-state index contributed by atoms with van der Waals surface area (Å²) in [5.74, 6) is -0.275. The molecule has 0 unspecified atom stereocenters. The van der Waals surface area contributed by atoms with Crippen molar-refractivity contribution < 1.29 is 4.79 Å². The third kappa shape index (κ3) is 2.60. The van der Waals surface area contributed by atoms with E-state index < -0.39 is 0 Å². The van der Waals surface area contributed by atoms with E-state index in [0.29, 0.717) is 11.0 Å². The molecule has 138 valence electrons. The first kappa shape index (κ1) is 16.4. The van der Waals surface area contributed by atoms with Gasteiger partial charge in [0.15, 0.2) is 5.65 Å². The molecule has 0 fully saturated rings. The summed E-state index contributed by atoms with van der Waals surface area (Å²) in [6, 6.07) is 14.2. The van der Waals surface area contributed by atoms with Crippen LogP contribution in [0.5, 0.6) is 0 Å². The molecule has 1 aliphatic carbocycles. The van der Waals surface area contributed by atoms with E-state index in [9.17, 15) is 9.59 Å². The predicted octanol–water partition coefficient (Wildman–Crippen LogP) is 2.34. The number of aryl methyl sites for hydroxylation is 1. The van der Waals surface area contributed by atoms with E-state index in [-0.39, 0.29) is 18.0 Å². The standard InChI is InChI=1S/C21H17N5O2/c1-25-20-18(10-23-25)21(28)26(12-22-20)11-19(27)24-15-6-7-17-14(9-15)8-13-4-2-3-5-16(13)17/h2-7,9-10,12H,8,11H2,1H3,(H,24,27). The molecule has 0 radical (unpaired) electrons. The number of benzene rings is 2. The van der Waals surface area contributed by atoms with Crippen LogP contribution in [0.3, 0.4) is 0 Å². The van der Waals surface area contributed by atoms with Gasteiger partial charge in [-0.2, -0.15) is 5.10 Å². The topological polar surface area (TPSA) is 81.8 Å². The number of anilines is 1. The lowest BCUT2D eigenvalue weighted by atomic mass is 10.1. The molecule has 0 atom stereocenters. The number of carbonyl (C=O) groups excluding carboxylic acids is 1. The van der Waals surface area contributed by atoms with Gasteiger partial charge in [0.1, 0.15) is 18.3 Å². The minimum absolute atomic E-state index is 0.103. The molecular formula is C21H17N5O2. The van der Waals surface area contributed by atoms with Crippen molar-refractivity contribution in [2.24, 2.45) is 7.05 Å². The highest BCUT2D eigenvalue weighted by molar-refractivity contribution is 5.92. The van der Waals surface area contributed by atoms with Crippen LogP contribution in [0.4, 0.5) is 5.69 Å². The highest BCUT2D eigenvalue weighted by Gasteiger charge is 2.18. The first-order valence-electron chi connectivity index (χ1n) is 8.98. The molecule has 7 heteroatoms. The van der Waals surface area contributed by atoms with E-state index in [1.807, 2.05) is 30.3 Å². The van der Waals surface area contributed by atoms with Crippen molar-refractivity contribution in [2.45, 2.75) is 13.0 Å². The van der Waals surface area contributed by atoms with E-state index >= 15 is 0 Å². The summed E-state index contributed by atoms with van der Waals surface area (Å²) in [6.45, 7) is -0.103. The van der Waals surface area contributed by atoms with E-state index in [0.717, 1.165) is 12.1 Å². The maximum Gasteiger partial charge on any atom is 0.264 e. The third-order valence-electron chi connectivity index (χ3n) is 5.11. The second-order valence-electron chi connectivity index (χ2n) is 6.94. The average molecular weight is 371 g/mol. The van der Waals surface area contributed by atoms with Gasteiger partial charge in [0.2, 0.25) is 5.91 Å². The summed E-state index contributed by atoms with van der Waals surface area (Å²) in [7, 11) is 1.72. The average Bonchev–Trinajstić information content (AvgIpc) is 3.24. The Hall–Kier alpha value is -3.74. The fraction of sp³-hybridized carbons (Fsp3) is 0.143. The Kier molecular flexibility index (Phi) is 3.61. The molecule has 1 aliphatic rings. The molecule has 1 amide bonds. The minimum Gasteiger partial charge on any atom is -0.325 e. The van der Waals surface area contributed by atoms with Crippen molar-refractivity contribution in [1.82, 2.24) is 19.3 Å². The second-order valence-corrected chi connectivity index (χ2v) is 6.94. The van der Waals surface area contributed by atoms with E-state index in [2.05, 4.69) is 27.5 Å². The molecule has 0 saturated heterocycles. The van der Waals surface area contributed by atoms with Gasteiger partial charge in [-0.1, -0.05) is 30.3 Å². The SMILES string of the molecule is Cn1ncc2c(=O)n(CC(=O)Nc3ccc4c(c3)Cc3ccccc3-4)cnc21. The summed E-state index contributed by atoms with van der Waals surface area (Å²) in [5, 5.41) is 7.31. The van der Waals surface area contributed by atoms with Gasteiger partial charge in [-0.25, -0.2) is 4.98 Å². The molecule has 0 spiro atoms. The van der Waals surface area contributed by atoms with Crippen LogP contribution >= 0.6 is 0 Å². The van der Waals surface area contributed by atoms with Crippen molar-refractivity contribution in [3.8, 4) is 11.1 Å². The summed E-state index contributed by atoms with van der Waals surface area (Å²) in [5.41, 5.74) is 5.88. The van der Waals surface area contributed by atoms with Gasteiger partial charge < -0.3 is 5.32 Å². The zero-order valence-corrected chi connectivity index (χ0v) is 15.2. The van der Waals surface area contributed by atoms with Crippen LogP contribution in [0.15, 0.2) is 59.8 Å².